The van der Waals surface area contributed by atoms with Crippen molar-refractivity contribution in [3.63, 3.8) is 0 Å². The molecular formula is C9H19N3O6. The van der Waals surface area contributed by atoms with E-state index in [0.717, 1.165) is 0 Å². The normalized spacial score (nSPS) is 12.8. The molecule has 0 aliphatic rings. The molecule has 0 spiro atoms. The molecule has 0 bridgehead atoms. The Balaban J connectivity index is 0. The van der Waals surface area contributed by atoms with Gasteiger partial charge < -0.3 is 32.5 Å². The van der Waals surface area contributed by atoms with Crippen LogP contribution in [0, 0.1) is 0 Å². The molecule has 0 heterocycles. The van der Waals surface area contributed by atoms with Crippen LogP contribution in [0.2, 0.25) is 0 Å². The Morgan fingerprint density at radius 1 is 0.944 bits per heavy atom. The van der Waals surface area contributed by atoms with Crippen molar-refractivity contribution < 1.29 is 29.7 Å². The molecule has 1 unspecified atom stereocenters. The van der Waals surface area contributed by atoms with Gasteiger partial charge in [-0.15, -0.1) is 0 Å². The van der Waals surface area contributed by atoms with Gasteiger partial charge in [0.1, 0.15) is 12.1 Å². The lowest BCUT2D eigenvalue weighted by molar-refractivity contribution is -0.144. The molecule has 106 valence electrons. The number of carboxylic acid groups (broad SMARTS) is 3. The molecule has 0 aromatic rings. The molecule has 0 aromatic carbocycles. The zero-order chi connectivity index (χ0) is 14.7. The predicted molar refractivity (Wildman–Crippen MR) is 61.8 cm³/mol. The Kier molecular flexibility index (Phi) is 10.8. The van der Waals surface area contributed by atoms with Gasteiger partial charge in [-0.2, -0.15) is 0 Å². The van der Waals surface area contributed by atoms with E-state index in [2.05, 4.69) is 0 Å². The van der Waals surface area contributed by atoms with Crippen LogP contribution >= 0.6 is 0 Å². The standard InChI is InChI=1S/C5H12N2O2.C4H7NO4/c6-3-1-2-4(7)5(8)9;5-2(4(8)9)1-3(6)7/h4H,1-3,6-7H2,(H,8,9);2H,1,5H2,(H,6,7)(H,8,9)/t4-;/m0./s1. The topological polar surface area (TPSA) is 190 Å². The van der Waals surface area contributed by atoms with Crippen LogP contribution in [0.15, 0.2) is 0 Å². The largest absolute Gasteiger partial charge is 0.481 e. The van der Waals surface area contributed by atoms with Crippen LogP contribution in [0.5, 0.6) is 0 Å². The first-order chi connectivity index (χ1) is 8.22. The summed E-state index contributed by atoms with van der Waals surface area (Å²) in [4.78, 5) is 29.7. The minimum Gasteiger partial charge on any atom is -0.481 e. The van der Waals surface area contributed by atoms with Gasteiger partial charge in [0, 0.05) is 0 Å². The smallest absolute Gasteiger partial charge is 0.321 e. The van der Waals surface area contributed by atoms with Crippen molar-refractivity contribution in [1.29, 1.82) is 0 Å². The number of carboxylic acids is 3. The van der Waals surface area contributed by atoms with Gasteiger partial charge in [-0.1, -0.05) is 0 Å². The highest BCUT2D eigenvalue weighted by Crippen LogP contribution is 1.91. The van der Waals surface area contributed by atoms with Crippen LogP contribution in [0.3, 0.4) is 0 Å². The maximum absolute atomic E-state index is 10.0. The highest BCUT2D eigenvalue weighted by atomic mass is 16.4. The van der Waals surface area contributed by atoms with Crippen molar-refractivity contribution in [1.82, 2.24) is 0 Å². The van der Waals surface area contributed by atoms with E-state index in [0.29, 0.717) is 19.4 Å². The third-order valence-corrected chi connectivity index (χ3v) is 1.75. The van der Waals surface area contributed by atoms with Gasteiger partial charge in [0.2, 0.25) is 0 Å². The van der Waals surface area contributed by atoms with E-state index >= 15 is 0 Å². The minimum atomic E-state index is -1.29. The van der Waals surface area contributed by atoms with Crippen LogP contribution < -0.4 is 17.2 Å². The summed E-state index contributed by atoms with van der Waals surface area (Å²) in [6, 6.07) is -2.03. The van der Waals surface area contributed by atoms with Crippen LogP contribution in [-0.2, 0) is 14.4 Å². The summed E-state index contributed by atoms with van der Waals surface area (Å²) >= 11 is 0. The molecule has 0 aromatic heterocycles. The molecule has 0 amide bonds. The SMILES string of the molecule is NC(CC(=O)O)C(=O)O.NCCC[C@H](N)C(=O)O. The van der Waals surface area contributed by atoms with E-state index < -0.39 is 36.4 Å². The molecule has 0 saturated carbocycles. The Hall–Kier alpha value is -1.71. The Morgan fingerprint density at radius 2 is 1.39 bits per heavy atom. The van der Waals surface area contributed by atoms with Gasteiger partial charge >= 0.3 is 17.9 Å². The fourth-order valence-electron chi connectivity index (χ4n) is 0.737. The lowest BCUT2D eigenvalue weighted by Crippen LogP contribution is -2.32. The molecule has 0 aliphatic carbocycles. The first kappa shape index (κ1) is 18.6. The fraction of sp³-hybridized carbons (Fsp3) is 0.667. The van der Waals surface area contributed by atoms with E-state index in [1.165, 1.54) is 0 Å². The van der Waals surface area contributed by atoms with E-state index in [1.54, 1.807) is 0 Å². The molecule has 0 aliphatic heterocycles. The highest BCUT2D eigenvalue weighted by Gasteiger charge is 2.14. The quantitative estimate of drug-likeness (QED) is 0.302. The monoisotopic (exact) mass is 265 g/mol. The zero-order valence-electron chi connectivity index (χ0n) is 9.78. The molecule has 0 radical (unpaired) electrons. The molecule has 0 fully saturated rings. The Morgan fingerprint density at radius 3 is 1.61 bits per heavy atom. The van der Waals surface area contributed by atoms with Gasteiger partial charge in [0.05, 0.1) is 6.42 Å². The van der Waals surface area contributed by atoms with E-state index in [1.807, 2.05) is 0 Å². The molecule has 9 nitrogen and oxygen atoms in total. The third-order valence-electron chi connectivity index (χ3n) is 1.75. The molecule has 0 saturated heterocycles. The number of aliphatic carboxylic acids is 3. The van der Waals surface area contributed by atoms with Crippen LogP contribution in [-0.4, -0.2) is 51.9 Å². The minimum absolute atomic E-state index is 0.464. The fourth-order valence-corrected chi connectivity index (χ4v) is 0.737. The molecule has 0 rings (SSSR count). The maximum Gasteiger partial charge on any atom is 0.321 e. The van der Waals surface area contributed by atoms with Gasteiger partial charge in [0.25, 0.3) is 0 Å². The van der Waals surface area contributed by atoms with Crippen LogP contribution in [0.1, 0.15) is 19.3 Å². The summed E-state index contributed by atoms with van der Waals surface area (Å²) in [6.45, 7) is 0.501. The van der Waals surface area contributed by atoms with Crippen molar-refractivity contribution in [2.45, 2.75) is 31.3 Å². The van der Waals surface area contributed by atoms with Crippen molar-refractivity contribution in [3.8, 4) is 0 Å². The number of hydrogen-bond acceptors (Lipinski definition) is 6. The van der Waals surface area contributed by atoms with E-state index in [9.17, 15) is 14.4 Å². The summed E-state index contributed by atoms with van der Waals surface area (Å²) in [5, 5.41) is 24.3. The van der Waals surface area contributed by atoms with Crippen molar-refractivity contribution >= 4 is 17.9 Å². The number of nitrogens with two attached hydrogens (primary N) is 3. The number of rotatable bonds is 7. The second kappa shape index (κ2) is 10.4. The van der Waals surface area contributed by atoms with Crippen molar-refractivity contribution in [3.05, 3.63) is 0 Å². The van der Waals surface area contributed by atoms with E-state index in [-0.39, 0.29) is 0 Å². The summed E-state index contributed by atoms with van der Waals surface area (Å²) in [5.74, 6) is -3.45. The Labute approximate surface area is 104 Å². The average Bonchev–Trinajstić information content (AvgIpc) is 2.25. The summed E-state index contributed by atoms with van der Waals surface area (Å²) in [5.41, 5.74) is 15.1. The van der Waals surface area contributed by atoms with Crippen LogP contribution in [0.25, 0.3) is 0 Å². The molecular weight excluding hydrogens is 246 g/mol. The predicted octanol–water partition coefficient (Wildman–Crippen LogP) is -1.99. The number of carbonyl (C=O) groups is 3. The van der Waals surface area contributed by atoms with Crippen molar-refractivity contribution in [2.75, 3.05) is 6.54 Å². The molecule has 18 heavy (non-hydrogen) atoms. The van der Waals surface area contributed by atoms with Crippen molar-refractivity contribution in [2.24, 2.45) is 17.2 Å². The second-order valence-electron chi connectivity index (χ2n) is 3.42. The van der Waals surface area contributed by atoms with E-state index in [4.69, 9.17) is 32.5 Å². The summed E-state index contributed by atoms with van der Waals surface area (Å²) in [7, 11) is 0. The number of hydrogen-bond donors (Lipinski definition) is 6. The third kappa shape index (κ3) is 12.4. The summed E-state index contributed by atoms with van der Waals surface area (Å²) in [6.07, 6.45) is 0.606. The zero-order valence-corrected chi connectivity index (χ0v) is 9.78. The maximum atomic E-state index is 10.0. The van der Waals surface area contributed by atoms with Gasteiger partial charge in [-0.25, -0.2) is 0 Å². The highest BCUT2D eigenvalue weighted by molar-refractivity contribution is 5.80. The van der Waals surface area contributed by atoms with Gasteiger partial charge in [-0.05, 0) is 19.4 Å². The lowest BCUT2D eigenvalue weighted by atomic mass is 10.2. The second-order valence-corrected chi connectivity index (χ2v) is 3.42. The summed E-state index contributed by atoms with van der Waals surface area (Å²) < 4.78 is 0. The molecule has 9 heteroatoms. The Bertz CT molecular complexity index is 283. The first-order valence-corrected chi connectivity index (χ1v) is 5.11. The molecule has 2 atom stereocenters. The lowest BCUT2D eigenvalue weighted by Gasteiger charge is -2.02. The van der Waals surface area contributed by atoms with Gasteiger partial charge in [-0.3, -0.25) is 14.4 Å². The first-order valence-electron chi connectivity index (χ1n) is 5.11. The van der Waals surface area contributed by atoms with Gasteiger partial charge in [0.15, 0.2) is 0 Å². The average molecular weight is 265 g/mol. The van der Waals surface area contributed by atoms with Crippen LogP contribution in [0.4, 0.5) is 0 Å². The molecule has 9 N–H and O–H groups in total.